The molecule has 0 aliphatic heterocycles. The number of nitrogens with zero attached hydrogens (tertiary/aromatic N) is 1. The van der Waals surface area contributed by atoms with Gasteiger partial charge in [-0.25, -0.2) is 8.42 Å². The van der Waals surface area contributed by atoms with Crippen LogP contribution in [0.25, 0.3) is 10.9 Å². The Morgan fingerprint density at radius 3 is 2.45 bits per heavy atom. The van der Waals surface area contributed by atoms with Gasteiger partial charge in [0.2, 0.25) is 0 Å². The van der Waals surface area contributed by atoms with Gasteiger partial charge in [-0.2, -0.15) is 0 Å². The normalized spacial score (nSPS) is 11.3. The average Bonchev–Trinajstić information content (AvgIpc) is 3.16. The number of fused-ring (bicyclic) bond motifs is 1. The van der Waals surface area contributed by atoms with Crippen molar-refractivity contribution in [2.75, 3.05) is 10.0 Å². The number of pyridine rings is 1. The van der Waals surface area contributed by atoms with Gasteiger partial charge in [0.15, 0.2) is 0 Å². The lowest BCUT2D eigenvalue weighted by molar-refractivity contribution is 0.102. The fourth-order valence-electron chi connectivity index (χ4n) is 2.74. The number of thiophene rings is 1. The lowest BCUT2D eigenvalue weighted by Gasteiger charge is -2.09. The molecule has 146 valence electrons. The Hall–Kier alpha value is -2.94. The van der Waals surface area contributed by atoms with E-state index in [4.69, 9.17) is 11.6 Å². The van der Waals surface area contributed by atoms with Crippen LogP contribution < -0.4 is 10.0 Å². The summed E-state index contributed by atoms with van der Waals surface area (Å²) in [6.45, 7) is 0. The highest BCUT2D eigenvalue weighted by atomic mass is 35.5. The zero-order valence-corrected chi connectivity index (χ0v) is 17.2. The maximum atomic E-state index is 12.6. The molecule has 0 atom stereocenters. The van der Waals surface area contributed by atoms with E-state index in [1.54, 1.807) is 24.4 Å². The number of halogens is 1. The van der Waals surface area contributed by atoms with Gasteiger partial charge in [0.25, 0.3) is 15.9 Å². The Morgan fingerprint density at radius 1 is 0.966 bits per heavy atom. The van der Waals surface area contributed by atoms with Crippen LogP contribution in [-0.4, -0.2) is 19.3 Å². The number of hydrogen-bond donors (Lipinski definition) is 2. The molecule has 2 aromatic carbocycles. The summed E-state index contributed by atoms with van der Waals surface area (Å²) in [6.07, 6.45) is 1.67. The van der Waals surface area contributed by atoms with Crippen LogP contribution in [0.1, 0.15) is 10.4 Å². The first-order valence-corrected chi connectivity index (χ1v) is 11.1. The number of amides is 1. The van der Waals surface area contributed by atoms with Crippen LogP contribution in [-0.2, 0) is 10.0 Å². The molecule has 0 unspecified atom stereocenters. The molecular weight excluding hydrogens is 430 g/mol. The largest absolute Gasteiger partial charge is 0.320 e. The predicted octanol–water partition coefficient (Wildman–Crippen LogP) is 5.00. The molecule has 2 heterocycles. The number of benzene rings is 2. The maximum absolute atomic E-state index is 12.6. The van der Waals surface area contributed by atoms with Crippen LogP contribution >= 0.6 is 22.9 Å². The van der Waals surface area contributed by atoms with E-state index in [0.29, 0.717) is 26.8 Å². The number of hydrogen-bond acceptors (Lipinski definition) is 5. The third kappa shape index (κ3) is 4.24. The highest BCUT2D eigenvalue weighted by molar-refractivity contribution is 7.94. The van der Waals surface area contributed by atoms with Crippen molar-refractivity contribution in [1.82, 2.24) is 4.98 Å². The second-order valence-corrected chi connectivity index (χ2v) is 9.70. The molecule has 0 aliphatic carbocycles. The van der Waals surface area contributed by atoms with Crippen molar-refractivity contribution in [1.29, 1.82) is 0 Å². The lowest BCUT2D eigenvalue weighted by atomic mass is 10.1. The molecule has 0 aliphatic rings. The van der Waals surface area contributed by atoms with E-state index < -0.39 is 10.0 Å². The molecule has 1 amide bonds. The van der Waals surface area contributed by atoms with E-state index in [1.807, 2.05) is 24.3 Å². The molecule has 0 saturated heterocycles. The molecule has 29 heavy (non-hydrogen) atoms. The molecule has 2 aromatic heterocycles. The Balaban J connectivity index is 1.51. The van der Waals surface area contributed by atoms with E-state index in [2.05, 4.69) is 15.0 Å². The number of para-hydroxylation sites is 1. The van der Waals surface area contributed by atoms with Gasteiger partial charge in [0, 0.05) is 22.8 Å². The van der Waals surface area contributed by atoms with E-state index in [0.717, 1.165) is 16.7 Å². The minimum atomic E-state index is -3.72. The summed E-state index contributed by atoms with van der Waals surface area (Å²) >= 11 is 6.77. The monoisotopic (exact) mass is 443 g/mol. The van der Waals surface area contributed by atoms with Gasteiger partial charge in [0.05, 0.1) is 15.5 Å². The van der Waals surface area contributed by atoms with Crippen molar-refractivity contribution in [2.24, 2.45) is 0 Å². The average molecular weight is 444 g/mol. The molecular formula is C20H14ClN3O3S2. The molecule has 0 radical (unpaired) electrons. The van der Waals surface area contributed by atoms with Crippen molar-refractivity contribution in [3.05, 3.63) is 82.8 Å². The zero-order valence-electron chi connectivity index (χ0n) is 14.8. The predicted molar refractivity (Wildman–Crippen MR) is 116 cm³/mol. The fourth-order valence-corrected chi connectivity index (χ4v) is 5.28. The quantitative estimate of drug-likeness (QED) is 0.454. The first-order valence-electron chi connectivity index (χ1n) is 8.46. The first kappa shape index (κ1) is 19.4. The van der Waals surface area contributed by atoms with Crippen LogP contribution in [0.5, 0.6) is 0 Å². The standard InChI is InChI=1S/C20H14ClN3O3S2/c21-17-10-11-18(28-17)29(26,27)24-15-8-6-14(7-9-15)20(25)23-16-5-1-3-13-4-2-12-22-19(13)16/h1-12,24H,(H,23,25). The SMILES string of the molecule is O=C(Nc1cccc2cccnc12)c1ccc(NS(=O)(=O)c2ccc(Cl)s2)cc1. The van der Waals surface area contributed by atoms with Gasteiger partial charge in [0.1, 0.15) is 4.21 Å². The van der Waals surface area contributed by atoms with Gasteiger partial charge < -0.3 is 5.32 Å². The topological polar surface area (TPSA) is 88.2 Å². The Bertz CT molecular complexity index is 1300. The molecule has 0 bridgehead atoms. The van der Waals surface area contributed by atoms with Crippen molar-refractivity contribution in [3.8, 4) is 0 Å². The molecule has 6 nitrogen and oxygen atoms in total. The van der Waals surface area contributed by atoms with E-state index in [9.17, 15) is 13.2 Å². The summed E-state index contributed by atoms with van der Waals surface area (Å²) in [5.41, 5.74) is 2.03. The van der Waals surface area contributed by atoms with Crippen LogP contribution in [0.3, 0.4) is 0 Å². The Labute approximate surface area is 176 Å². The maximum Gasteiger partial charge on any atom is 0.271 e. The third-order valence-corrected chi connectivity index (χ3v) is 7.20. The van der Waals surface area contributed by atoms with Gasteiger partial charge in [-0.3, -0.25) is 14.5 Å². The molecule has 4 aromatic rings. The van der Waals surface area contributed by atoms with Gasteiger partial charge >= 0.3 is 0 Å². The Kier molecular flexibility index (Phi) is 5.23. The van der Waals surface area contributed by atoms with Crippen molar-refractivity contribution in [2.45, 2.75) is 4.21 Å². The second kappa shape index (κ2) is 7.82. The van der Waals surface area contributed by atoms with E-state index in [1.165, 1.54) is 24.3 Å². The van der Waals surface area contributed by atoms with Crippen molar-refractivity contribution < 1.29 is 13.2 Å². The molecule has 0 fully saturated rings. The van der Waals surface area contributed by atoms with Crippen molar-refractivity contribution >= 4 is 61.1 Å². The van der Waals surface area contributed by atoms with Gasteiger partial charge in [-0.15, -0.1) is 11.3 Å². The number of aromatic nitrogens is 1. The van der Waals surface area contributed by atoms with Crippen LogP contribution in [0.2, 0.25) is 4.34 Å². The van der Waals surface area contributed by atoms with Gasteiger partial charge in [-0.05, 0) is 48.5 Å². The molecule has 4 rings (SSSR count). The Morgan fingerprint density at radius 2 is 1.72 bits per heavy atom. The van der Waals surface area contributed by atoms with Crippen LogP contribution in [0.4, 0.5) is 11.4 Å². The number of anilines is 2. The second-order valence-electron chi connectivity index (χ2n) is 6.08. The summed E-state index contributed by atoms with van der Waals surface area (Å²) in [4.78, 5) is 16.9. The van der Waals surface area contributed by atoms with E-state index in [-0.39, 0.29) is 10.1 Å². The summed E-state index contributed by atoms with van der Waals surface area (Å²) in [5.74, 6) is -0.317. The zero-order chi connectivity index (χ0) is 20.4. The number of carbonyl (C=O) groups is 1. The highest BCUT2D eigenvalue weighted by Crippen LogP contribution is 2.27. The number of carbonyl (C=O) groups excluding carboxylic acids is 1. The molecule has 9 heteroatoms. The molecule has 0 spiro atoms. The fraction of sp³-hybridized carbons (Fsp3) is 0. The van der Waals surface area contributed by atoms with Crippen molar-refractivity contribution in [3.63, 3.8) is 0 Å². The molecule has 0 saturated carbocycles. The molecule has 2 N–H and O–H groups in total. The highest BCUT2D eigenvalue weighted by Gasteiger charge is 2.17. The van der Waals surface area contributed by atoms with E-state index >= 15 is 0 Å². The lowest BCUT2D eigenvalue weighted by Crippen LogP contribution is -2.14. The van der Waals surface area contributed by atoms with Gasteiger partial charge in [-0.1, -0.05) is 29.8 Å². The third-order valence-electron chi connectivity index (χ3n) is 4.09. The summed E-state index contributed by atoms with van der Waals surface area (Å²) < 4.78 is 27.7. The summed E-state index contributed by atoms with van der Waals surface area (Å²) in [7, 11) is -3.72. The van der Waals surface area contributed by atoms with Crippen LogP contribution in [0.15, 0.2) is 77.1 Å². The smallest absolute Gasteiger partial charge is 0.271 e. The first-order chi connectivity index (χ1) is 13.9. The minimum absolute atomic E-state index is 0.118. The summed E-state index contributed by atoms with van der Waals surface area (Å²) in [5, 5.41) is 3.76. The van der Waals surface area contributed by atoms with Crippen LogP contribution in [0, 0.1) is 0 Å². The number of rotatable bonds is 5. The number of nitrogens with one attached hydrogen (secondary N) is 2. The minimum Gasteiger partial charge on any atom is -0.320 e. The number of sulfonamides is 1. The summed E-state index contributed by atoms with van der Waals surface area (Å²) in [6, 6.07) is 18.4.